The maximum atomic E-state index is 5.31. The van der Waals surface area contributed by atoms with Gasteiger partial charge in [-0.15, -0.1) is 0 Å². The number of nitrogens with one attached hydrogen (secondary N) is 1. The zero-order valence-corrected chi connectivity index (χ0v) is 33.7. The van der Waals surface area contributed by atoms with Crippen molar-refractivity contribution in [2.24, 2.45) is 9.98 Å². The Morgan fingerprint density at radius 1 is 0.371 bits per heavy atom. The molecule has 0 aliphatic carbocycles. The summed E-state index contributed by atoms with van der Waals surface area (Å²) in [6.07, 6.45) is -0.398. The molecule has 0 radical (unpaired) electrons. The first-order valence-corrected chi connectivity index (χ1v) is 21.1. The van der Waals surface area contributed by atoms with Crippen LogP contribution in [0.3, 0.4) is 0 Å². The average Bonchev–Trinajstić information content (AvgIpc) is 3.87. The number of aliphatic imine (C=N–C) groups is 2. The highest BCUT2D eigenvalue weighted by molar-refractivity contribution is 6.14. The van der Waals surface area contributed by atoms with Gasteiger partial charge in [0.25, 0.3) is 0 Å². The lowest BCUT2D eigenvalue weighted by molar-refractivity contribution is 0.674. The fourth-order valence-corrected chi connectivity index (χ4v) is 9.30. The van der Waals surface area contributed by atoms with E-state index >= 15 is 0 Å². The summed E-state index contributed by atoms with van der Waals surface area (Å²) in [6.45, 7) is 0. The zero-order chi connectivity index (χ0) is 41.0. The van der Waals surface area contributed by atoms with Crippen molar-refractivity contribution >= 4 is 55.3 Å². The fourth-order valence-electron chi connectivity index (χ4n) is 9.30. The topological polar surface area (TPSA) is 46.6 Å². The number of aromatic nitrogens is 2. The minimum absolute atomic E-state index is 0.398. The van der Waals surface area contributed by atoms with Crippen LogP contribution in [0.15, 0.2) is 234 Å². The summed E-state index contributed by atoms with van der Waals surface area (Å²) in [5.74, 6) is 1.45. The van der Waals surface area contributed by atoms with Crippen LogP contribution in [0.25, 0.3) is 77.2 Å². The van der Waals surface area contributed by atoms with Crippen LogP contribution in [0.1, 0.15) is 22.9 Å². The number of hydrogen-bond acceptors (Lipinski definition) is 3. The predicted octanol–water partition coefficient (Wildman–Crippen LogP) is 13.7. The summed E-state index contributed by atoms with van der Waals surface area (Å²) in [7, 11) is 0. The van der Waals surface area contributed by atoms with Gasteiger partial charge in [0.1, 0.15) is 12.0 Å². The first-order chi connectivity index (χ1) is 30.7. The van der Waals surface area contributed by atoms with E-state index in [9.17, 15) is 0 Å². The molecule has 5 nitrogen and oxygen atoms in total. The Kier molecular flexibility index (Phi) is 8.49. The van der Waals surface area contributed by atoms with E-state index in [0.717, 1.165) is 56.1 Å². The molecule has 1 aliphatic rings. The monoisotopic (exact) mass is 793 g/mol. The Morgan fingerprint density at radius 3 is 1.52 bits per heavy atom. The summed E-state index contributed by atoms with van der Waals surface area (Å²) in [5.41, 5.74) is 14.4. The molecule has 12 rings (SSSR count). The van der Waals surface area contributed by atoms with Gasteiger partial charge in [0, 0.05) is 43.9 Å². The lowest BCUT2D eigenvalue weighted by Gasteiger charge is -2.25. The lowest BCUT2D eigenvalue weighted by atomic mass is 9.96. The van der Waals surface area contributed by atoms with E-state index in [1.165, 1.54) is 43.7 Å². The van der Waals surface area contributed by atoms with Gasteiger partial charge in [-0.05, 0) is 70.8 Å². The molecule has 1 aliphatic heterocycles. The standard InChI is InChI=1S/C57H39N5/c1-3-17-38(18-4-1)40-21-15-22-41(35-40)45-34-33-43(37-54(45)62-52-31-13-9-27-48(52)49-28-10-14-32-53(49)62)57-59-55(39-19-5-2-6-20-39)58-56(60-57)42-23-16-24-44(36-42)61-50-29-11-7-25-46(50)47-26-8-12-30-51(47)61/h1-37,56H,(H,58,59,60). The number of benzene rings is 9. The van der Waals surface area contributed by atoms with Gasteiger partial charge in [0.05, 0.1) is 27.8 Å². The number of hydrogen-bond donors (Lipinski definition) is 1. The van der Waals surface area contributed by atoms with Crippen LogP contribution in [0.5, 0.6) is 0 Å². The first-order valence-electron chi connectivity index (χ1n) is 21.1. The Hall–Kier alpha value is -8.28. The molecule has 292 valence electrons. The molecular formula is C57H39N5. The minimum atomic E-state index is -0.398. The van der Waals surface area contributed by atoms with E-state index in [1.807, 2.05) is 18.2 Å². The van der Waals surface area contributed by atoms with Crippen molar-refractivity contribution < 1.29 is 0 Å². The lowest BCUT2D eigenvalue weighted by Crippen LogP contribution is -2.33. The molecule has 0 amide bonds. The largest absolute Gasteiger partial charge is 0.344 e. The Bertz CT molecular complexity index is 3450. The van der Waals surface area contributed by atoms with Gasteiger partial charge in [0.2, 0.25) is 0 Å². The molecule has 2 aromatic heterocycles. The van der Waals surface area contributed by atoms with Crippen LogP contribution in [0, 0.1) is 0 Å². The Balaban J connectivity index is 1.03. The van der Waals surface area contributed by atoms with Crippen LogP contribution in [-0.2, 0) is 0 Å². The zero-order valence-electron chi connectivity index (χ0n) is 33.7. The summed E-state index contributed by atoms with van der Waals surface area (Å²) in [4.78, 5) is 10.6. The Labute approximate surface area is 359 Å². The summed E-state index contributed by atoms with van der Waals surface area (Å²) in [5, 5.41) is 8.71. The number of fused-ring (bicyclic) bond motifs is 6. The predicted molar refractivity (Wildman–Crippen MR) is 258 cm³/mol. The van der Waals surface area contributed by atoms with Crippen molar-refractivity contribution in [1.82, 2.24) is 14.5 Å². The van der Waals surface area contributed by atoms with Crippen LogP contribution in [0.4, 0.5) is 0 Å². The molecule has 5 heteroatoms. The number of rotatable bonds is 7. The van der Waals surface area contributed by atoms with Crippen molar-refractivity contribution in [3.8, 4) is 33.6 Å². The van der Waals surface area contributed by atoms with Gasteiger partial charge >= 0.3 is 0 Å². The van der Waals surface area contributed by atoms with E-state index in [2.05, 4.69) is 221 Å². The molecule has 0 saturated carbocycles. The van der Waals surface area contributed by atoms with Crippen LogP contribution in [0.2, 0.25) is 0 Å². The number of para-hydroxylation sites is 4. The van der Waals surface area contributed by atoms with Crippen molar-refractivity contribution in [3.63, 3.8) is 0 Å². The fraction of sp³-hybridized carbons (Fsp3) is 0.0175. The molecule has 62 heavy (non-hydrogen) atoms. The summed E-state index contributed by atoms with van der Waals surface area (Å²) < 4.78 is 4.78. The van der Waals surface area contributed by atoms with Crippen LogP contribution >= 0.6 is 0 Å². The molecule has 11 aromatic rings. The third-order valence-electron chi connectivity index (χ3n) is 12.2. The molecule has 3 heterocycles. The molecule has 9 aromatic carbocycles. The van der Waals surface area contributed by atoms with Gasteiger partial charge in [-0.1, -0.05) is 176 Å². The third kappa shape index (κ3) is 6.02. The second kappa shape index (κ2) is 14.8. The van der Waals surface area contributed by atoms with Gasteiger partial charge in [-0.3, -0.25) is 0 Å². The van der Waals surface area contributed by atoms with Gasteiger partial charge < -0.3 is 14.5 Å². The van der Waals surface area contributed by atoms with E-state index in [4.69, 9.17) is 9.98 Å². The minimum Gasteiger partial charge on any atom is -0.344 e. The third-order valence-corrected chi connectivity index (χ3v) is 12.2. The molecule has 1 unspecified atom stereocenters. The maximum Gasteiger partial charge on any atom is 0.159 e. The van der Waals surface area contributed by atoms with Crippen LogP contribution in [-0.4, -0.2) is 20.8 Å². The highest BCUT2D eigenvalue weighted by Gasteiger charge is 2.24. The van der Waals surface area contributed by atoms with Gasteiger partial charge in [-0.2, -0.15) is 0 Å². The van der Waals surface area contributed by atoms with E-state index in [-0.39, 0.29) is 0 Å². The summed E-state index contributed by atoms with van der Waals surface area (Å²) >= 11 is 0. The van der Waals surface area contributed by atoms with Crippen LogP contribution < -0.4 is 5.32 Å². The average molecular weight is 794 g/mol. The maximum absolute atomic E-state index is 5.31. The van der Waals surface area contributed by atoms with Crippen molar-refractivity contribution in [2.75, 3.05) is 0 Å². The molecule has 1 atom stereocenters. The smallest absolute Gasteiger partial charge is 0.159 e. The quantitative estimate of drug-likeness (QED) is 0.172. The van der Waals surface area contributed by atoms with Crippen molar-refractivity contribution in [1.29, 1.82) is 0 Å². The van der Waals surface area contributed by atoms with Crippen molar-refractivity contribution in [3.05, 3.63) is 241 Å². The SMILES string of the molecule is c1ccc(C2=NC(c3cccc(-n4c5ccccc5c5ccccc54)c3)NC(c3ccc(-c4cccc(-c5ccccc5)c4)c(-n4c5ccccc5c5ccccc54)c3)=N2)cc1. The van der Waals surface area contributed by atoms with Crippen molar-refractivity contribution in [2.45, 2.75) is 6.17 Å². The molecule has 1 N–H and O–H groups in total. The normalized spacial score (nSPS) is 14.0. The molecule has 0 fully saturated rings. The second-order valence-corrected chi connectivity index (χ2v) is 15.8. The first kappa shape index (κ1) is 35.6. The van der Waals surface area contributed by atoms with E-state index in [0.29, 0.717) is 5.84 Å². The highest BCUT2D eigenvalue weighted by Crippen LogP contribution is 2.39. The Morgan fingerprint density at radius 2 is 0.887 bits per heavy atom. The van der Waals surface area contributed by atoms with E-state index in [1.54, 1.807) is 0 Å². The number of amidine groups is 2. The highest BCUT2D eigenvalue weighted by atomic mass is 15.2. The summed E-state index contributed by atoms with van der Waals surface area (Å²) in [6, 6.07) is 80.0. The van der Waals surface area contributed by atoms with E-state index < -0.39 is 6.17 Å². The molecule has 0 spiro atoms. The second-order valence-electron chi connectivity index (χ2n) is 15.8. The molecule has 0 saturated heterocycles. The van der Waals surface area contributed by atoms with Gasteiger partial charge in [0.15, 0.2) is 5.84 Å². The molecule has 0 bridgehead atoms. The molecular weight excluding hydrogens is 755 g/mol. The van der Waals surface area contributed by atoms with Gasteiger partial charge in [-0.25, -0.2) is 9.98 Å². The number of nitrogens with zero attached hydrogens (tertiary/aromatic N) is 4.